The van der Waals surface area contributed by atoms with Crippen molar-refractivity contribution in [1.29, 1.82) is 0 Å². The van der Waals surface area contributed by atoms with E-state index in [9.17, 15) is 32.3 Å². The molecule has 178 valence electrons. The van der Waals surface area contributed by atoms with Crippen molar-refractivity contribution in [2.24, 2.45) is 0 Å². The summed E-state index contributed by atoms with van der Waals surface area (Å²) in [5, 5.41) is 4.02. The molecule has 2 aromatic rings. The molecule has 2 aromatic carbocycles. The summed E-state index contributed by atoms with van der Waals surface area (Å²) in [4.78, 5) is 50.3. The van der Waals surface area contributed by atoms with Crippen molar-refractivity contribution in [3.05, 3.63) is 68.7 Å². The van der Waals surface area contributed by atoms with E-state index >= 15 is 0 Å². The van der Waals surface area contributed by atoms with Gasteiger partial charge in [-0.05, 0) is 42.3 Å². The Balaban J connectivity index is 1.56. The van der Waals surface area contributed by atoms with E-state index in [1.807, 2.05) is 5.32 Å². The van der Waals surface area contributed by atoms with Crippen molar-refractivity contribution >= 4 is 46.8 Å². The Morgan fingerprint density at radius 1 is 1.12 bits per heavy atom. The number of hydrogen-bond acceptors (Lipinski definition) is 4. The van der Waals surface area contributed by atoms with E-state index in [1.165, 1.54) is 29.2 Å². The molecule has 34 heavy (non-hydrogen) atoms. The fourth-order valence-electron chi connectivity index (χ4n) is 4.00. The van der Waals surface area contributed by atoms with Crippen LogP contribution in [0, 0.1) is 0 Å². The number of nitrogens with zero attached hydrogens (tertiary/aromatic N) is 1. The maximum atomic E-state index is 13.7. The molecule has 2 atom stereocenters. The average molecular weight is 514 g/mol. The normalized spacial score (nSPS) is 19.0. The maximum Gasteiger partial charge on any atom is 0.412 e. The third-order valence-corrected chi connectivity index (χ3v) is 6.22. The Labute approximate surface area is 201 Å². The molecule has 7 nitrogen and oxygen atoms in total. The van der Waals surface area contributed by atoms with Gasteiger partial charge in [-0.15, -0.1) is 0 Å². The lowest BCUT2D eigenvalue weighted by Gasteiger charge is -2.29. The number of carbonyl (C=O) groups excluding carboxylic acids is 4. The number of piperidine rings is 1. The molecular formula is C22H16Cl2F3N3O4. The largest absolute Gasteiger partial charge is 0.412 e. The molecule has 12 heteroatoms. The number of alkyl halides is 3. The number of carbonyl (C=O) groups is 4. The third kappa shape index (κ3) is 4.60. The highest BCUT2D eigenvalue weighted by Crippen LogP contribution is 2.37. The van der Waals surface area contributed by atoms with Gasteiger partial charge in [-0.1, -0.05) is 29.3 Å². The molecule has 0 bridgehead atoms. The van der Waals surface area contributed by atoms with Crippen LogP contribution in [0.5, 0.6) is 0 Å². The lowest BCUT2D eigenvalue weighted by atomic mass is 10.0. The van der Waals surface area contributed by atoms with Gasteiger partial charge in [0.2, 0.25) is 11.8 Å². The van der Waals surface area contributed by atoms with E-state index in [2.05, 4.69) is 5.32 Å². The number of hydrogen-bond donors (Lipinski definition) is 2. The van der Waals surface area contributed by atoms with Crippen molar-refractivity contribution in [3.63, 3.8) is 0 Å². The van der Waals surface area contributed by atoms with Crippen LogP contribution in [0.1, 0.15) is 50.7 Å². The predicted molar refractivity (Wildman–Crippen MR) is 115 cm³/mol. The Morgan fingerprint density at radius 3 is 2.50 bits per heavy atom. The number of halogens is 5. The zero-order valence-corrected chi connectivity index (χ0v) is 18.7. The molecule has 2 heterocycles. The van der Waals surface area contributed by atoms with E-state index in [-0.39, 0.29) is 46.1 Å². The van der Waals surface area contributed by atoms with Gasteiger partial charge in [0.1, 0.15) is 6.04 Å². The Hall–Kier alpha value is -3.11. The van der Waals surface area contributed by atoms with Crippen molar-refractivity contribution in [2.75, 3.05) is 0 Å². The standard InChI is InChI=1S/C22H16Cl2F3N3O4/c23-12-2-4-14(15(24)8-12)18(22(25,26)27)29-19(32)10-1-3-13-11(7-10)9-30(21(13)34)16-5-6-17(31)28-20(16)33/h1-4,7-8,16,18H,5-6,9H2,(H,29,32)(H,28,31,33). The molecule has 0 radical (unpaired) electrons. The fraction of sp³-hybridized carbons (Fsp3) is 0.273. The fourth-order valence-corrected chi connectivity index (χ4v) is 4.52. The molecule has 4 rings (SSSR count). The summed E-state index contributed by atoms with van der Waals surface area (Å²) >= 11 is 11.7. The molecular weight excluding hydrogens is 498 g/mol. The highest BCUT2D eigenvalue weighted by molar-refractivity contribution is 6.35. The molecule has 0 aromatic heterocycles. The van der Waals surface area contributed by atoms with Gasteiger partial charge in [0.25, 0.3) is 11.8 Å². The summed E-state index contributed by atoms with van der Waals surface area (Å²) < 4.78 is 41.2. The van der Waals surface area contributed by atoms with E-state index in [0.717, 1.165) is 12.1 Å². The van der Waals surface area contributed by atoms with E-state index in [4.69, 9.17) is 23.2 Å². The van der Waals surface area contributed by atoms with Crippen LogP contribution in [-0.2, 0) is 16.1 Å². The monoisotopic (exact) mass is 513 g/mol. The van der Waals surface area contributed by atoms with E-state index in [0.29, 0.717) is 5.56 Å². The molecule has 1 saturated heterocycles. The second kappa shape index (κ2) is 8.92. The minimum absolute atomic E-state index is 0.0206. The lowest BCUT2D eigenvalue weighted by Crippen LogP contribution is -2.52. The SMILES string of the molecule is O=C1CCC(N2Cc3cc(C(=O)NC(c4ccc(Cl)cc4Cl)C(F)(F)F)ccc3C2=O)C(=O)N1. The lowest BCUT2D eigenvalue weighted by molar-refractivity contribution is -0.155. The summed E-state index contributed by atoms with van der Waals surface area (Å²) in [6.45, 7) is -0.0206. The summed E-state index contributed by atoms with van der Waals surface area (Å²) in [5.74, 6) is -2.51. The second-order valence-corrected chi connectivity index (χ2v) is 8.73. The highest BCUT2D eigenvalue weighted by atomic mass is 35.5. The second-order valence-electron chi connectivity index (χ2n) is 7.89. The minimum Gasteiger partial charge on any atom is -0.337 e. The van der Waals surface area contributed by atoms with Crippen LogP contribution < -0.4 is 10.6 Å². The Morgan fingerprint density at radius 2 is 1.85 bits per heavy atom. The van der Waals surface area contributed by atoms with Gasteiger partial charge in [0, 0.05) is 39.7 Å². The van der Waals surface area contributed by atoms with Crippen LogP contribution in [-0.4, -0.2) is 40.7 Å². The Bertz CT molecular complexity index is 1220. The number of fused-ring (bicyclic) bond motifs is 1. The third-order valence-electron chi connectivity index (χ3n) is 5.66. The quantitative estimate of drug-likeness (QED) is 0.608. The molecule has 2 aliphatic heterocycles. The Kier molecular flexibility index (Phi) is 6.30. The summed E-state index contributed by atoms with van der Waals surface area (Å²) in [6.07, 6.45) is -4.61. The molecule has 0 spiro atoms. The number of imide groups is 1. The van der Waals surface area contributed by atoms with E-state index < -0.39 is 41.9 Å². The number of benzene rings is 2. The first-order valence-corrected chi connectivity index (χ1v) is 10.8. The van der Waals surface area contributed by atoms with Crippen LogP contribution in [0.3, 0.4) is 0 Å². The number of amides is 4. The smallest absolute Gasteiger partial charge is 0.337 e. The van der Waals surface area contributed by atoms with Gasteiger partial charge in [0.15, 0.2) is 6.04 Å². The van der Waals surface area contributed by atoms with Crippen molar-refractivity contribution in [3.8, 4) is 0 Å². The van der Waals surface area contributed by atoms with Crippen LogP contribution in [0.15, 0.2) is 36.4 Å². The van der Waals surface area contributed by atoms with Gasteiger partial charge >= 0.3 is 6.18 Å². The summed E-state index contributed by atoms with van der Waals surface area (Å²) in [6, 6.07) is 4.10. The van der Waals surface area contributed by atoms with Gasteiger partial charge in [0.05, 0.1) is 0 Å². The molecule has 4 amide bonds. The molecule has 0 saturated carbocycles. The van der Waals surface area contributed by atoms with Crippen molar-refractivity contribution < 1.29 is 32.3 Å². The van der Waals surface area contributed by atoms with Crippen LogP contribution >= 0.6 is 23.2 Å². The maximum absolute atomic E-state index is 13.7. The van der Waals surface area contributed by atoms with Crippen molar-refractivity contribution in [1.82, 2.24) is 15.5 Å². The predicted octanol–water partition coefficient (Wildman–Crippen LogP) is 3.79. The number of rotatable bonds is 4. The average Bonchev–Trinajstić information content (AvgIpc) is 3.07. The molecule has 2 unspecified atom stereocenters. The van der Waals surface area contributed by atoms with E-state index in [1.54, 1.807) is 0 Å². The number of nitrogens with one attached hydrogen (secondary N) is 2. The van der Waals surface area contributed by atoms with Gasteiger partial charge in [-0.25, -0.2) is 0 Å². The van der Waals surface area contributed by atoms with Crippen LogP contribution in [0.25, 0.3) is 0 Å². The van der Waals surface area contributed by atoms with Crippen LogP contribution in [0.2, 0.25) is 10.0 Å². The highest BCUT2D eigenvalue weighted by Gasteiger charge is 2.43. The first-order valence-electron chi connectivity index (χ1n) is 10.1. The first-order chi connectivity index (χ1) is 16.0. The van der Waals surface area contributed by atoms with Crippen molar-refractivity contribution in [2.45, 2.75) is 37.6 Å². The first kappa shape index (κ1) is 24.0. The van der Waals surface area contributed by atoms with Crippen LogP contribution in [0.4, 0.5) is 13.2 Å². The summed E-state index contributed by atoms with van der Waals surface area (Å²) in [5.41, 5.74) is 0.146. The molecule has 2 N–H and O–H groups in total. The molecule has 0 aliphatic carbocycles. The molecule has 2 aliphatic rings. The minimum atomic E-state index is -4.84. The van der Waals surface area contributed by atoms with Gasteiger partial charge in [-0.3, -0.25) is 24.5 Å². The van der Waals surface area contributed by atoms with Gasteiger partial charge in [-0.2, -0.15) is 13.2 Å². The molecule has 1 fully saturated rings. The zero-order chi connectivity index (χ0) is 24.8. The van der Waals surface area contributed by atoms with Gasteiger partial charge < -0.3 is 10.2 Å². The topological polar surface area (TPSA) is 95.6 Å². The summed E-state index contributed by atoms with van der Waals surface area (Å²) in [7, 11) is 0. The zero-order valence-electron chi connectivity index (χ0n) is 17.2.